The van der Waals surface area contributed by atoms with Crippen molar-refractivity contribution in [3.05, 3.63) is 64.6 Å². The second kappa shape index (κ2) is 6.38. The molecule has 29 heavy (non-hydrogen) atoms. The zero-order valence-corrected chi connectivity index (χ0v) is 16.2. The van der Waals surface area contributed by atoms with Crippen LogP contribution in [0.25, 0.3) is 16.6 Å². The maximum absolute atomic E-state index is 14.8. The lowest BCUT2D eigenvalue weighted by Gasteiger charge is -2.25. The van der Waals surface area contributed by atoms with Crippen LogP contribution in [-0.4, -0.2) is 37.2 Å². The third kappa shape index (κ3) is 2.71. The van der Waals surface area contributed by atoms with Crippen molar-refractivity contribution in [3.8, 4) is 0 Å². The minimum absolute atomic E-state index is 0.0306. The Bertz CT molecular complexity index is 1300. The van der Waals surface area contributed by atoms with Gasteiger partial charge in [0.2, 0.25) is 0 Å². The molecule has 0 bridgehead atoms. The number of nitrogens with zero attached hydrogens (tertiary/aromatic N) is 5. The van der Waals surface area contributed by atoms with E-state index >= 15 is 0 Å². The van der Waals surface area contributed by atoms with Gasteiger partial charge in [-0.2, -0.15) is 0 Å². The van der Waals surface area contributed by atoms with Gasteiger partial charge in [0, 0.05) is 18.8 Å². The van der Waals surface area contributed by atoms with E-state index in [-0.39, 0.29) is 17.4 Å². The number of fused-ring (bicyclic) bond motifs is 4. The number of imidazole rings is 1. The van der Waals surface area contributed by atoms with E-state index < -0.39 is 11.7 Å². The van der Waals surface area contributed by atoms with Crippen molar-refractivity contribution >= 4 is 39.9 Å². The van der Waals surface area contributed by atoms with E-state index in [2.05, 4.69) is 15.0 Å². The van der Waals surface area contributed by atoms with E-state index in [9.17, 15) is 9.18 Å². The number of rotatable bonds is 2. The van der Waals surface area contributed by atoms with Crippen LogP contribution in [0.4, 0.5) is 10.2 Å². The molecule has 146 valence electrons. The molecule has 1 aliphatic rings. The van der Waals surface area contributed by atoms with Gasteiger partial charge in [0.15, 0.2) is 0 Å². The van der Waals surface area contributed by atoms with Crippen molar-refractivity contribution < 1.29 is 9.18 Å². The van der Waals surface area contributed by atoms with Crippen LogP contribution in [0.5, 0.6) is 0 Å². The molecule has 3 aromatic heterocycles. The van der Waals surface area contributed by atoms with Gasteiger partial charge >= 0.3 is 0 Å². The van der Waals surface area contributed by atoms with Crippen LogP contribution in [0.1, 0.15) is 34.1 Å². The Balaban J connectivity index is 1.58. The molecule has 1 atom stereocenters. The van der Waals surface area contributed by atoms with Crippen LogP contribution in [0.3, 0.4) is 0 Å². The van der Waals surface area contributed by atoms with Crippen molar-refractivity contribution in [1.29, 1.82) is 0 Å². The van der Waals surface area contributed by atoms with Gasteiger partial charge in [-0.25, -0.2) is 19.3 Å². The highest BCUT2D eigenvalue weighted by Crippen LogP contribution is 2.36. The summed E-state index contributed by atoms with van der Waals surface area (Å²) in [5.41, 5.74) is 9.22. The number of pyridine rings is 1. The average Bonchev–Trinajstić information content (AvgIpc) is 3.34. The predicted molar refractivity (Wildman–Crippen MR) is 107 cm³/mol. The highest BCUT2D eigenvalue weighted by molar-refractivity contribution is 6.29. The Kier molecular flexibility index (Phi) is 3.92. The summed E-state index contributed by atoms with van der Waals surface area (Å²) in [6.07, 6.45) is 4.57. The van der Waals surface area contributed by atoms with Gasteiger partial charge < -0.3 is 10.6 Å². The van der Waals surface area contributed by atoms with E-state index in [0.717, 1.165) is 17.7 Å². The lowest BCUT2D eigenvalue weighted by atomic mass is 10.1. The number of nitrogen functional groups attached to an aromatic ring is 1. The minimum atomic E-state index is -0.645. The molecule has 1 aromatic carbocycles. The molecule has 7 nitrogen and oxygen atoms in total. The van der Waals surface area contributed by atoms with Gasteiger partial charge in [0.25, 0.3) is 5.91 Å². The number of aromatic nitrogens is 4. The molecule has 3 heterocycles. The Labute approximate surface area is 169 Å². The number of hydrogen-bond donors (Lipinski definition) is 1. The zero-order chi connectivity index (χ0) is 20.3. The normalized spacial score (nSPS) is 15.8. The van der Waals surface area contributed by atoms with Crippen molar-refractivity contribution in [2.24, 2.45) is 0 Å². The smallest absolute Gasteiger partial charge is 0.257 e. The second-order valence-electron chi connectivity index (χ2n) is 7.11. The number of carbonyl (C=O) groups is 1. The molecule has 0 radical (unpaired) electrons. The second-order valence-corrected chi connectivity index (χ2v) is 7.49. The van der Waals surface area contributed by atoms with E-state index in [1.54, 1.807) is 34.9 Å². The quantitative estimate of drug-likeness (QED) is 0.511. The van der Waals surface area contributed by atoms with E-state index in [4.69, 9.17) is 17.3 Å². The molecule has 0 spiro atoms. The molecule has 1 amide bonds. The first-order valence-corrected chi connectivity index (χ1v) is 9.45. The van der Waals surface area contributed by atoms with Gasteiger partial charge in [0.05, 0.1) is 35.2 Å². The number of nitrogens with two attached hydrogens (primary N) is 1. The topological polar surface area (TPSA) is 89.4 Å². The van der Waals surface area contributed by atoms with Crippen molar-refractivity contribution in [1.82, 2.24) is 24.3 Å². The fourth-order valence-corrected chi connectivity index (χ4v) is 4.18. The monoisotopic (exact) mass is 410 g/mol. The van der Waals surface area contributed by atoms with Crippen LogP contribution in [0.2, 0.25) is 5.15 Å². The summed E-state index contributed by atoms with van der Waals surface area (Å²) in [6, 6.07) is 6.14. The summed E-state index contributed by atoms with van der Waals surface area (Å²) in [6.45, 7) is 0. The van der Waals surface area contributed by atoms with Gasteiger partial charge in [-0.1, -0.05) is 17.7 Å². The molecule has 0 saturated heterocycles. The van der Waals surface area contributed by atoms with Crippen LogP contribution < -0.4 is 5.73 Å². The fourth-order valence-electron chi connectivity index (χ4n) is 4.01. The molecule has 1 aliphatic carbocycles. The highest BCUT2D eigenvalue weighted by Gasteiger charge is 2.31. The first-order valence-electron chi connectivity index (χ1n) is 9.07. The molecule has 2 N–H and O–H groups in total. The number of benzene rings is 1. The molecule has 0 fully saturated rings. The standard InChI is InChI=1S/C20H16ClFN6O/c1-27(15-4-3-13-10(15)2-5-18(21)25-13)20(29)11-6-16-14(7-12(11)22)26-19(23)17-8-24-9-28(16)17/h2,5-9,15H,3-4H2,1H3,(H2,23,26). The Hall–Kier alpha value is -3.26. The number of hydrogen-bond acceptors (Lipinski definition) is 5. The van der Waals surface area contributed by atoms with Gasteiger partial charge in [-0.15, -0.1) is 0 Å². The molecule has 5 rings (SSSR count). The molecule has 4 aromatic rings. The number of carbonyl (C=O) groups excluding carboxylic acids is 1. The Morgan fingerprint density at radius 3 is 2.97 bits per heavy atom. The molecular weight excluding hydrogens is 395 g/mol. The summed E-state index contributed by atoms with van der Waals surface area (Å²) in [4.78, 5) is 27.4. The van der Waals surface area contributed by atoms with E-state index in [1.165, 1.54) is 12.1 Å². The number of aryl methyl sites for hydroxylation is 1. The van der Waals surface area contributed by atoms with Crippen LogP contribution >= 0.6 is 11.6 Å². The summed E-state index contributed by atoms with van der Waals surface area (Å²) < 4.78 is 16.5. The third-order valence-corrected chi connectivity index (χ3v) is 5.68. The molecule has 9 heteroatoms. The van der Waals surface area contributed by atoms with Gasteiger partial charge in [0.1, 0.15) is 22.3 Å². The van der Waals surface area contributed by atoms with Crippen molar-refractivity contribution in [3.63, 3.8) is 0 Å². The van der Waals surface area contributed by atoms with Crippen molar-refractivity contribution in [2.45, 2.75) is 18.9 Å². The average molecular weight is 411 g/mol. The number of amides is 1. The molecule has 0 saturated carbocycles. The van der Waals surface area contributed by atoms with Crippen molar-refractivity contribution in [2.75, 3.05) is 12.8 Å². The van der Waals surface area contributed by atoms with E-state index in [1.807, 2.05) is 6.07 Å². The Morgan fingerprint density at radius 1 is 1.31 bits per heavy atom. The molecule has 0 aliphatic heterocycles. The predicted octanol–water partition coefficient (Wildman–Crippen LogP) is 3.41. The molecule has 1 unspecified atom stereocenters. The van der Waals surface area contributed by atoms with E-state index in [0.29, 0.717) is 28.1 Å². The number of halogens is 2. The van der Waals surface area contributed by atoms with Crippen LogP contribution in [0.15, 0.2) is 36.8 Å². The largest absolute Gasteiger partial charge is 0.382 e. The maximum Gasteiger partial charge on any atom is 0.257 e. The lowest BCUT2D eigenvalue weighted by molar-refractivity contribution is 0.0726. The Morgan fingerprint density at radius 2 is 2.14 bits per heavy atom. The zero-order valence-electron chi connectivity index (χ0n) is 15.4. The highest BCUT2D eigenvalue weighted by atomic mass is 35.5. The minimum Gasteiger partial charge on any atom is -0.382 e. The summed E-state index contributed by atoms with van der Waals surface area (Å²) >= 11 is 5.97. The van der Waals surface area contributed by atoms with Crippen LogP contribution in [0, 0.1) is 5.82 Å². The lowest BCUT2D eigenvalue weighted by Crippen LogP contribution is -2.30. The summed E-state index contributed by atoms with van der Waals surface area (Å²) in [5, 5.41) is 0.426. The third-order valence-electron chi connectivity index (χ3n) is 5.47. The SMILES string of the molecule is CN(C(=O)c1cc2c(cc1F)nc(N)c1cncn12)C1CCc2nc(Cl)ccc21. The first kappa shape index (κ1) is 17.8. The van der Waals surface area contributed by atoms with Gasteiger partial charge in [-0.05, 0) is 30.5 Å². The first-order chi connectivity index (χ1) is 13.9. The summed E-state index contributed by atoms with van der Waals surface area (Å²) in [7, 11) is 1.67. The molecular formula is C20H16ClFN6O. The number of anilines is 1. The summed E-state index contributed by atoms with van der Waals surface area (Å²) in [5.74, 6) is -0.810. The fraction of sp³-hybridized carbons (Fsp3) is 0.200. The van der Waals surface area contributed by atoms with Gasteiger partial charge in [-0.3, -0.25) is 9.20 Å². The van der Waals surface area contributed by atoms with Crippen LogP contribution in [-0.2, 0) is 6.42 Å². The maximum atomic E-state index is 14.8.